The van der Waals surface area contributed by atoms with Crippen molar-refractivity contribution in [1.82, 2.24) is 5.32 Å². The molecule has 0 bridgehead atoms. The topological polar surface area (TPSA) is 60.7 Å². The lowest BCUT2D eigenvalue weighted by Crippen LogP contribution is -2.26. The van der Waals surface area contributed by atoms with E-state index in [4.69, 9.17) is 13.9 Å². The quantitative estimate of drug-likeness (QED) is 0.772. The number of nitrogens with one attached hydrogen (secondary N) is 1. The van der Waals surface area contributed by atoms with Gasteiger partial charge in [-0.15, -0.1) is 0 Å². The number of hydrogen-bond donors (Lipinski definition) is 1. The normalized spacial score (nSPS) is 12.0. The molecule has 1 aromatic heterocycles. The summed E-state index contributed by atoms with van der Waals surface area (Å²) in [7, 11) is 3.05. The van der Waals surface area contributed by atoms with Crippen LogP contribution in [0.25, 0.3) is 11.0 Å². The second-order valence-corrected chi connectivity index (χ2v) is 5.42. The summed E-state index contributed by atoms with van der Waals surface area (Å²) in [6.45, 7) is 1.88. The second-order valence-electron chi connectivity index (χ2n) is 5.42. The Morgan fingerprint density at radius 1 is 1.08 bits per heavy atom. The number of para-hydroxylation sites is 2. The fraction of sp³-hybridized carbons (Fsp3) is 0.211. The van der Waals surface area contributed by atoms with Gasteiger partial charge < -0.3 is 19.2 Å². The number of carbonyl (C=O) groups is 1. The highest BCUT2D eigenvalue weighted by molar-refractivity contribution is 5.98. The average Bonchev–Trinajstić information content (AvgIpc) is 3.05. The Kier molecular flexibility index (Phi) is 4.42. The van der Waals surface area contributed by atoms with Crippen molar-refractivity contribution in [3.05, 3.63) is 59.9 Å². The van der Waals surface area contributed by atoms with Crippen molar-refractivity contribution in [1.29, 1.82) is 0 Å². The Labute approximate surface area is 140 Å². The van der Waals surface area contributed by atoms with Gasteiger partial charge in [0.05, 0.1) is 25.8 Å². The largest absolute Gasteiger partial charge is 0.493 e. The molecule has 5 heteroatoms. The molecule has 0 spiro atoms. The molecule has 5 nitrogen and oxygen atoms in total. The van der Waals surface area contributed by atoms with E-state index in [1.165, 1.54) is 14.2 Å². The van der Waals surface area contributed by atoms with Crippen LogP contribution in [-0.2, 0) is 0 Å². The van der Waals surface area contributed by atoms with E-state index in [9.17, 15) is 4.79 Å². The van der Waals surface area contributed by atoms with Crippen LogP contribution in [-0.4, -0.2) is 20.1 Å². The summed E-state index contributed by atoms with van der Waals surface area (Å²) in [5.74, 6) is 1.38. The van der Waals surface area contributed by atoms with Crippen LogP contribution >= 0.6 is 0 Å². The van der Waals surface area contributed by atoms with Crippen LogP contribution in [0.2, 0.25) is 0 Å². The van der Waals surface area contributed by atoms with Crippen LogP contribution in [0.3, 0.4) is 0 Å². The van der Waals surface area contributed by atoms with Gasteiger partial charge in [0, 0.05) is 5.39 Å². The van der Waals surface area contributed by atoms with Crippen molar-refractivity contribution in [2.24, 2.45) is 0 Å². The van der Waals surface area contributed by atoms with Crippen LogP contribution in [0, 0.1) is 0 Å². The van der Waals surface area contributed by atoms with Crippen LogP contribution in [0.15, 0.2) is 52.9 Å². The molecule has 24 heavy (non-hydrogen) atoms. The lowest BCUT2D eigenvalue weighted by molar-refractivity contribution is 0.0932. The van der Waals surface area contributed by atoms with Gasteiger partial charge in [0.15, 0.2) is 11.5 Å². The molecule has 124 valence electrons. The van der Waals surface area contributed by atoms with E-state index in [1.54, 1.807) is 18.2 Å². The molecule has 0 aliphatic heterocycles. The van der Waals surface area contributed by atoms with Crippen molar-refractivity contribution in [3.63, 3.8) is 0 Å². The summed E-state index contributed by atoms with van der Waals surface area (Å²) in [6, 6.07) is 14.6. The zero-order chi connectivity index (χ0) is 17.1. The predicted octanol–water partition coefficient (Wildman–Crippen LogP) is 3.94. The number of hydrogen-bond acceptors (Lipinski definition) is 4. The first kappa shape index (κ1) is 15.9. The lowest BCUT2D eigenvalue weighted by Gasteiger charge is -2.15. The van der Waals surface area contributed by atoms with Gasteiger partial charge in [-0.1, -0.05) is 24.3 Å². The fourth-order valence-electron chi connectivity index (χ4n) is 2.63. The minimum atomic E-state index is -0.277. The Morgan fingerprint density at radius 2 is 1.88 bits per heavy atom. The molecule has 3 aromatic rings. The minimum Gasteiger partial charge on any atom is -0.493 e. The number of furan rings is 1. The highest BCUT2D eigenvalue weighted by atomic mass is 16.5. The molecule has 1 atom stereocenters. The maximum absolute atomic E-state index is 12.6. The molecule has 0 radical (unpaired) electrons. The summed E-state index contributed by atoms with van der Waals surface area (Å²) in [5, 5.41) is 3.94. The third-order valence-electron chi connectivity index (χ3n) is 3.87. The highest BCUT2D eigenvalue weighted by Gasteiger charge is 2.20. The molecule has 3 rings (SSSR count). The van der Waals surface area contributed by atoms with Gasteiger partial charge >= 0.3 is 0 Å². The van der Waals surface area contributed by atoms with Crippen LogP contribution in [0.5, 0.6) is 11.5 Å². The molecule has 0 aliphatic rings. The molecule has 2 aromatic carbocycles. The number of benzene rings is 2. The van der Waals surface area contributed by atoms with E-state index in [0.717, 1.165) is 11.0 Å². The summed E-state index contributed by atoms with van der Waals surface area (Å²) in [4.78, 5) is 12.6. The van der Waals surface area contributed by atoms with E-state index in [0.29, 0.717) is 22.8 Å². The van der Waals surface area contributed by atoms with E-state index in [1.807, 2.05) is 37.3 Å². The molecule has 0 saturated heterocycles. The zero-order valence-electron chi connectivity index (χ0n) is 13.8. The van der Waals surface area contributed by atoms with E-state index in [-0.39, 0.29) is 11.9 Å². The predicted molar refractivity (Wildman–Crippen MR) is 91.6 cm³/mol. The van der Waals surface area contributed by atoms with E-state index in [2.05, 4.69) is 5.32 Å². The monoisotopic (exact) mass is 325 g/mol. The molecule has 0 unspecified atom stereocenters. The minimum absolute atomic E-state index is 0.251. The third kappa shape index (κ3) is 2.93. The molecular weight excluding hydrogens is 306 g/mol. The van der Waals surface area contributed by atoms with Crippen LogP contribution < -0.4 is 14.8 Å². The Morgan fingerprint density at radius 3 is 2.58 bits per heavy atom. The lowest BCUT2D eigenvalue weighted by atomic mass is 10.1. The van der Waals surface area contributed by atoms with Gasteiger partial charge in [-0.2, -0.15) is 0 Å². The van der Waals surface area contributed by atoms with Gasteiger partial charge in [0.25, 0.3) is 5.91 Å². The maximum atomic E-state index is 12.6. The third-order valence-corrected chi connectivity index (χ3v) is 3.87. The number of methoxy groups -OCH3 is 2. The Hall–Kier alpha value is -2.95. The summed E-state index contributed by atoms with van der Waals surface area (Å²) in [6.07, 6.45) is 0. The zero-order valence-corrected chi connectivity index (χ0v) is 13.8. The summed E-state index contributed by atoms with van der Waals surface area (Å²) >= 11 is 0. The SMILES string of the molecule is COc1cccc(C(=O)N[C@@H](C)c2cc3ccccc3o2)c1OC. The number of carbonyl (C=O) groups excluding carboxylic acids is 1. The van der Waals surface area contributed by atoms with Crippen molar-refractivity contribution in [2.75, 3.05) is 14.2 Å². The molecule has 0 aliphatic carbocycles. The van der Waals surface area contributed by atoms with Gasteiger partial charge in [0.1, 0.15) is 11.3 Å². The van der Waals surface area contributed by atoms with Gasteiger partial charge in [-0.3, -0.25) is 4.79 Å². The number of ether oxygens (including phenoxy) is 2. The molecule has 1 N–H and O–H groups in total. The van der Waals surface area contributed by atoms with Gasteiger partial charge in [-0.05, 0) is 31.2 Å². The average molecular weight is 325 g/mol. The maximum Gasteiger partial charge on any atom is 0.255 e. The van der Waals surface area contributed by atoms with Gasteiger partial charge in [0.2, 0.25) is 0 Å². The Balaban J connectivity index is 1.84. The second kappa shape index (κ2) is 6.66. The fourth-order valence-corrected chi connectivity index (χ4v) is 2.63. The van der Waals surface area contributed by atoms with Crippen LogP contribution in [0.1, 0.15) is 29.1 Å². The van der Waals surface area contributed by atoms with Crippen molar-refractivity contribution in [2.45, 2.75) is 13.0 Å². The van der Waals surface area contributed by atoms with Crippen molar-refractivity contribution >= 4 is 16.9 Å². The van der Waals surface area contributed by atoms with Crippen LogP contribution in [0.4, 0.5) is 0 Å². The summed E-state index contributed by atoms with van der Waals surface area (Å²) in [5.41, 5.74) is 1.22. The standard InChI is InChI=1S/C19H19NO4/c1-12(17-11-13-7-4-5-9-15(13)24-17)20-19(21)14-8-6-10-16(22-2)18(14)23-3/h4-12H,1-3H3,(H,20,21)/t12-/m0/s1. The molecular formula is C19H19NO4. The van der Waals surface area contributed by atoms with E-state index >= 15 is 0 Å². The summed E-state index contributed by atoms with van der Waals surface area (Å²) < 4.78 is 16.3. The first-order chi connectivity index (χ1) is 11.6. The molecule has 0 saturated carbocycles. The van der Waals surface area contributed by atoms with Crippen molar-refractivity contribution in [3.8, 4) is 11.5 Å². The first-order valence-corrected chi connectivity index (χ1v) is 7.64. The van der Waals surface area contributed by atoms with E-state index < -0.39 is 0 Å². The molecule has 1 heterocycles. The smallest absolute Gasteiger partial charge is 0.255 e. The highest BCUT2D eigenvalue weighted by Crippen LogP contribution is 2.31. The number of rotatable bonds is 5. The molecule has 0 fully saturated rings. The molecule has 1 amide bonds. The van der Waals surface area contributed by atoms with Gasteiger partial charge in [-0.25, -0.2) is 0 Å². The number of amides is 1. The first-order valence-electron chi connectivity index (χ1n) is 7.64. The Bertz CT molecular complexity index is 836. The van der Waals surface area contributed by atoms with Crippen molar-refractivity contribution < 1.29 is 18.7 Å². The number of fused-ring (bicyclic) bond motifs is 1.